The predicted octanol–water partition coefficient (Wildman–Crippen LogP) is 3.05. The lowest BCUT2D eigenvalue weighted by Gasteiger charge is -2.22. The molecule has 4 N–H and O–H groups in total. The highest BCUT2D eigenvalue weighted by Crippen LogP contribution is 2.33. The summed E-state index contributed by atoms with van der Waals surface area (Å²) in [7, 11) is 5.31. The average molecular weight is 356 g/mol. The number of hydrogen-bond donors (Lipinski definition) is 3. The molecule has 0 bridgehead atoms. The molecule has 140 valence electrons. The Hall–Kier alpha value is -2.83. The molecule has 2 rings (SSSR count). The molecule has 0 radical (unpaired) electrons. The third-order valence-electron chi connectivity index (χ3n) is 4.09. The number of carbonyl (C=O) groups is 1. The van der Waals surface area contributed by atoms with Crippen molar-refractivity contribution in [3.8, 4) is 0 Å². The van der Waals surface area contributed by atoms with Crippen LogP contribution >= 0.6 is 0 Å². The number of aryl methyl sites for hydroxylation is 1. The van der Waals surface area contributed by atoms with Crippen LogP contribution in [0.5, 0.6) is 0 Å². The zero-order chi connectivity index (χ0) is 19.4. The van der Waals surface area contributed by atoms with Gasteiger partial charge in [-0.3, -0.25) is 4.79 Å². The molecular weight excluding hydrogens is 328 g/mol. The van der Waals surface area contributed by atoms with Crippen molar-refractivity contribution in [1.29, 1.82) is 0 Å². The van der Waals surface area contributed by atoms with Crippen molar-refractivity contribution in [3.63, 3.8) is 0 Å². The van der Waals surface area contributed by atoms with E-state index in [9.17, 15) is 4.79 Å². The van der Waals surface area contributed by atoms with Gasteiger partial charge in [0.05, 0.1) is 11.4 Å². The van der Waals surface area contributed by atoms with Gasteiger partial charge in [0, 0.05) is 32.8 Å². The van der Waals surface area contributed by atoms with Crippen molar-refractivity contribution >= 4 is 28.9 Å². The van der Waals surface area contributed by atoms with Gasteiger partial charge in [-0.15, -0.1) is 0 Å². The van der Waals surface area contributed by atoms with Gasteiger partial charge in [0.15, 0.2) is 0 Å². The number of amides is 1. The molecule has 0 fully saturated rings. The van der Waals surface area contributed by atoms with Crippen molar-refractivity contribution in [1.82, 2.24) is 14.9 Å². The number of aromatic nitrogens is 2. The van der Waals surface area contributed by atoms with E-state index in [1.165, 1.54) is 6.33 Å². The maximum atomic E-state index is 12.7. The standard InChI is InChI=1S/C19H28N6O/c1-11(2)7-13-17(19(26)25(5)6)12(3)8-14(18(13)20)24-16-9-15(21-4)22-10-23-16/h8-11H,7,20H2,1-6H3,(H2,21,22,23,24). The lowest BCUT2D eigenvalue weighted by Crippen LogP contribution is -2.25. The van der Waals surface area contributed by atoms with Gasteiger partial charge in [0.2, 0.25) is 0 Å². The second-order valence-corrected chi connectivity index (χ2v) is 6.97. The Balaban J connectivity index is 2.54. The fourth-order valence-electron chi connectivity index (χ4n) is 2.85. The first kappa shape index (κ1) is 19.5. The van der Waals surface area contributed by atoms with E-state index in [-0.39, 0.29) is 5.91 Å². The van der Waals surface area contributed by atoms with E-state index in [0.717, 1.165) is 23.2 Å². The summed E-state index contributed by atoms with van der Waals surface area (Å²) in [6, 6.07) is 3.70. The average Bonchev–Trinajstić information content (AvgIpc) is 2.58. The minimum absolute atomic E-state index is 0.0316. The molecule has 0 aliphatic carbocycles. The second-order valence-electron chi connectivity index (χ2n) is 6.97. The molecule has 0 aliphatic heterocycles. The molecule has 1 aromatic heterocycles. The Labute approximate surface area is 155 Å². The number of hydrogen-bond acceptors (Lipinski definition) is 6. The monoisotopic (exact) mass is 356 g/mol. The first-order chi connectivity index (χ1) is 12.2. The van der Waals surface area contributed by atoms with Gasteiger partial charge in [-0.2, -0.15) is 0 Å². The highest BCUT2D eigenvalue weighted by molar-refractivity contribution is 6.00. The molecule has 0 saturated heterocycles. The minimum Gasteiger partial charge on any atom is -0.397 e. The Morgan fingerprint density at radius 3 is 2.46 bits per heavy atom. The summed E-state index contributed by atoms with van der Waals surface area (Å²) < 4.78 is 0. The first-order valence-electron chi connectivity index (χ1n) is 8.65. The topological polar surface area (TPSA) is 96.2 Å². The van der Waals surface area contributed by atoms with E-state index in [2.05, 4.69) is 34.4 Å². The van der Waals surface area contributed by atoms with E-state index in [4.69, 9.17) is 5.73 Å². The normalized spacial score (nSPS) is 10.7. The Bertz CT molecular complexity index is 801. The van der Waals surface area contributed by atoms with Gasteiger partial charge in [-0.1, -0.05) is 13.8 Å². The summed E-state index contributed by atoms with van der Waals surface area (Å²) in [5, 5.41) is 6.24. The number of benzene rings is 1. The number of nitrogens with zero attached hydrogens (tertiary/aromatic N) is 3. The first-order valence-corrected chi connectivity index (χ1v) is 8.65. The van der Waals surface area contributed by atoms with Crippen molar-refractivity contribution in [3.05, 3.63) is 35.2 Å². The molecule has 7 heteroatoms. The molecule has 1 heterocycles. The van der Waals surface area contributed by atoms with Crippen LogP contribution in [0.3, 0.4) is 0 Å². The lowest BCUT2D eigenvalue weighted by molar-refractivity contribution is 0.0826. The molecule has 0 aliphatic rings. The molecule has 0 spiro atoms. The summed E-state index contributed by atoms with van der Waals surface area (Å²) in [5.41, 5.74) is 10.2. The molecule has 0 saturated carbocycles. The zero-order valence-electron chi connectivity index (χ0n) is 16.3. The van der Waals surface area contributed by atoms with E-state index in [0.29, 0.717) is 28.8 Å². The summed E-state index contributed by atoms with van der Waals surface area (Å²) in [5.74, 6) is 1.68. The fraction of sp³-hybridized carbons (Fsp3) is 0.421. The van der Waals surface area contributed by atoms with Crippen molar-refractivity contribution in [2.75, 3.05) is 37.5 Å². The minimum atomic E-state index is -0.0316. The molecular formula is C19H28N6O. The van der Waals surface area contributed by atoms with Crippen LogP contribution in [0, 0.1) is 12.8 Å². The zero-order valence-corrected chi connectivity index (χ0v) is 16.3. The molecule has 1 amide bonds. The Morgan fingerprint density at radius 1 is 1.23 bits per heavy atom. The van der Waals surface area contributed by atoms with Crippen LogP contribution in [-0.4, -0.2) is 41.9 Å². The number of nitrogens with one attached hydrogen (secondary N) is 2. The quantitative estimate of drug-likeness (QED) is 0.689. The molecule has 0 unspecified atom stereocenters. The number of nitrogen functional groups attached to an aromatic ring is 1. The van der Waals surface area contributed by atoms with Crippen molar-refractivity contribution in [2.24, 2.45) is 5.92 Å². The van der Waals surface area contributed by atoms with Gasteiger partial charge in [0.1, 0.15) is 18.0 Å². The largest absolute Gasteiger partial charge is 0.397 e. The Kier molecular flexibility index (Phi) is 6.02. The second kappa shape index (κ2) is 8.03. The van der Waals surface area contributed by atoms with Crippen LogP contribution in [0.2, 0.25) is 0 Å². The summed E-state index contributed by atoms with van der Waals surface area (Å²) in [6.07, 6.45) is 2.21. The van der Waals surface area contributed by atoms with E-state index in [1.807, 2.05) is 13.0 Å². The van der Waals surface area contributed by atoms with Gasteiger partial charge < -0.3 is 21.3 Å². The Morgan fingerprint density at radius 2 is 1.88 bits per heavy atom. The number of nitrogens with two attached hydrogens (primary N) is 1. The number of rotatable bonds is 6. The van der Waals surface area contributed by atoms with E-state index < -0.39 is 0 Å². The van der Waals surface area contributed by atoms with Crippen LogP contribution in [-0.2, 0) is 6.42 Å². The number of anilines is 4. The number of carbonyl (C=O) groups excluding carboxylic acids is 1. The predicted molar refractivity (Wildman–Crippen MR) is 107 cm³/mol. The lowest BCUT2D eigenvalue weighted by atomic mass is 9.91. The third-order valence-corrected chi connectivity index (χ3v) is 4.09. The van der Waals surface area contributed by atoms with E-state index >= 15 is 0 Å². The van der Waals surface area contributed by atoms with Gasteiger partial charge >= 0.3 is 0 Å². The van der Waals surface area contributed by atoms with Crippen molar-refractivity contribution in [2.45, 2.75) is 27.2 Å². The fourth-order valence-corrected chi connectivity index (χ4v) is 2.85. The summed E-state index contributed by atoms with van der Waals surface area (Å²) in [4.78, 5) is 22.6. The third kappa shape index (κ3) is 4.22. The summed E-state index contributed by atoms with van der Waals surface area (Å²) >= 11 is 0. The van der Waals surface area contributed by atoms with Gasteiger partial charge in [0.25, 0.3) is 5.91 Å². The maximum Gasteiger partial charge on any atom is 0.253 e. The van der Waals surface area contributed by atoms with Gasteiger partial charge in [-0.05, 0) is 36.5 Å². The van der Waals surface area contributed by atoms with Gasteiger partial charge in [-0.25, -0.2) is 9.97 Å². The molecule has 7 nitrogen and oxygen atoms in total. The smallest absolute Gasteiger partial charge is 0.253 e. The van der Waals surface area contributed by atoms with Crippen molar-refractivity contribution < 1.29 is 4.79 Å². The van der Waals surface area contributed by atoms with Crippen LogP contribution in [0.4, 0.5) is 23.0 Å². The maximum absolute atomic E-state index is 12.7. The molecule has 0 atom stereocenters. The molecule has 1 aromatic carbocycles. The molecule has 26 heavy (non-hydrogen) atoms. The van der Waals surface area contributed by atoms with Crippen LogP contribution in [0.1, 0.15) is 35.3 Å². The van der Waals surface area contributed by atoms with Crippen LogP contribution in [0.15, 0.2) is 18.5 Å². The highest BCUT2D eigenvalue weighted by atomic mass is 16.2. The highest BCUT2D eigenvalue weighted by Gasteiger charge is 2.22. The molecule has 2 aromatic rings. The summed E-state index contributed by atoms with van der Waals surface area (Å²) in [6.45, 7) is 6.16. The SMILES string of the molecule is CNc1cc(Nc2cc(C)c(C(=O)N(C)C)c(CC(C)C)c2N)ncn1. The van der Waals surface area contributed by atoms with E-state index in [1.54, 1.807) is 32.1 Å². The van der Waals surface area contributed by atoms with Crippen LogP contribution < -0.4 is 16.4 Å². The van der Waals surface area contributed by atoms with Crippen LogP contribution in [0.25, 0.3) is 0 Å².